The molecule has 0 amide bonds. The molecule has 0 N–H and O–H groups in total. The maximum atomic E-state index is 6.25. The molecule has 7 heteroatoms. The van der Waals surface area contributed by atoms with Gasteiger partial charge in [0.1, 0.15) is 12.2 Å². The van der Waals surface area contributed by atoms with Gasteiger partial charge in [-0.2, -0.15) is 4.98 Å². The number of likely N-dealkylation sites (N-methyl/N-ethyl adjacent to an activating group) is 1. The molecule has 0 radical (unpaired) electrons. The summed E-state index contributed by atoms with van der Waals surface area (Å²) in [4.78, 5) is 15.1. The van der Waals surface area contributed by atoms with Gasteiger partial charge in [-0.15, -0.1) is 11.6 Å². The minimum atomic E-state index is -0.205. The third-order valence-corrected chi connectivity index (χ3v) is 3.60. The Hall–Kier alpha value is -1.40. The summed E-state index contributed by atoms with van der Waals surface area (Å²) in [6.07, 6.45) is 1.49. The monoisotopic (exact) mass is 297 g/mol. The summed E-state index contributed by atoms with van der Waals surface area (Å²) in [6.45, 7) is 4.81. The van der Waals surface area contributed by atoms with Gasteiger partial charge in [-0.1, -0.05) is 0 Å². The third-order valence-electron chi connectivity index (χ3n) is 3.41. The number of halogens is 1. The lowest BCUT2D eigenvalue weighted by molar-refractivity contribution is 0.283. The normalized spacial score (nSPS) is 14.8. The van der Waals surface area contributed by atoms with Crippen molar-refractivity contribution in [1.82, 2.24) is 24.4 Å². The predicted octanol–water partition coefficient (Wildman–Crippen LogP) is 2.08. The van der Waals surface area contributed by atoms with Crippen LogP contribution < -0.4 is 4.74 Å². The number of nitrogens with zero attached hydrogens (tertiary/aromatic N) is 5. The van der Waals surface area contributed by atoms with E-state index >= 15 is 0 Å². The van der Waals surface area contributed by atoms with Crippen LogP contribution in [0.25, 0.3) is 11.2 Å². The van der Waals surface area contributed by atoms with E-state index in [1.54, 1.807) is 7.11 Å². The van der Waals surface area contributed by atoms with E-state index < -0.39 is 0 Å². The number of hydrogen-bond acceptors (Lipinski definition) is 5. The van der Waals surface area contributed by atoms with Crippen LogP contribution in [-0.2, 0) is 6.54 Å². The lowest BCUT2D eigenvalue weighted by atomic mass is 10.3. The minimum absolute atomic E-state index is 0.205. The smallest absolute Gasteiger partial charge is 0.245 e. The van der Waals surface area contributed by atoms with Gasteiger partial charge >= 0.3 is 0 Å². The van der Waals surface area contributed by atoms with Gasteiger partial charge in [0.05, 0.1) is 12.5 Å². The third kappa shape index (κ3) is 2.71. The summed E-state index contributed by atoms with van der Waals surface area (Å²) in [5, 5.41) is -0.205. The van der Waals surface area contributed by atoms with Crippen LogP contribution in [0.1, 0.15) is 25.0 Å². The van der Waals surface area contributed by atoms with Crippen molar-refractivity contribution in [3.05, 3.63) is 12.2 Å². The van der Waals surface area contributed by atoms with E-state index in [0.29, 0.717) is 17.4 Å². The summed E-state index contributed by atoms with van der Waals surface area (Å²) >= 11 is 6.25. The molecular formula is C13H20ClN5O. The quantitative estimate of drug-likeness (QED) is 0.791. The van der Waals surface area contributed by atoms with Crippen LogP contribution in [0, 0.1) is 0 Å². The first-order valence-electron chi connectivity index (χ1n) is 6.51. The Balaban J connectivity index is 2.57. The molecule has 0 aliphatic carbocycles. The van der Waals surface area contributed by atoms with Crippen molar-refractivity contribution in [2.75, 3.05) is 21.2 Å². The summed E-state index contributed by atoms with van der Waals surface area (Å²) in [5.74, 6) is 1.26. The molecule has 0 bridgehead atoms. The Morgan fingerprint density at radius 3 is 2.60 bits per heavy atom. The van der Waals surface area contributed by atoms with Crippen molar-refractivity contribution in [3.63, 3.8) is 0 Å². The molecule has 110 valence electrons. The minimum Gasteiger partial charge on any atom is -0.479 e. The van der Waals surface area contributed by atoms with E-state index in [9.17, 15) is 0 Å². The highest BCUT2D eigenvalue weighted by Crippen LogP contribution is 2.27. The van der Waals surface area contributed by atoms with Gasteiger partial charge in [0, 0.05) is 12.6 Å². The highest BCUT2D eigenvalue weighted by atomic mass is 35.5. The van der Waals surface area contributed by atoms with Gasteiger partial charge in [0.2, 0.25) is 5.88 Å². The number of alkyl halides is 1. The first kappa shape index (κ1) is 15.0. The predicted molar refractivity (Wildman–Crippen MR) is 79.3 cm³/mol. The van der Waals surface area contributed by atoms with E-state index in [1.807, 2.05) is 25.6 Å². The van der Waals surface area contributed by atoms with Gasteiger partial charge < -0.3 is 14.2 Å². The molecule has 2 unspecified atom stereocenters. The Morgan fingerprint density at radius 1 is 1.35 bits per heavy atom. The highest BCUT2D eigenvalue weighted by molar-refractivity contribution is 6.20. The molecule has 2 rings (SSSR count). The largest absolute Gasteiger partial charge is 0.479 e. The van der Waals surface area contributed by atoms with Crippen LogP contribution in [0.15, 0.2) is 6.33 Å². The SMILES string of the molecule is COc1ncnc2c1nc(C(C)Cl)n2CC(C)N(C)C. The van der Waals surface area contributed by atoms with Gasteiger partial charge in [-0.3, -0.25) is 0 Å². The second-order valence-electron chi connectivity index (χ2n) is 5.06. The highest BCUT2D eigenvalue weighted by Gasteiger charge is 2.21. The number of fused-ring (bicyclic) bond motifs is 1. The van der Waals surface area contributed by atoms with E-state index in [2.05, 4.69) is 26.8 Å². The van der Waals surface area contributed by atoms with Crippen LogP contribution in [0.3, 0.4) is 0 Å². The van der Waals surface area contributed by atoms with Crippen molar-refractivity contribution in [3.8, 4) is 5.88 Å². The molecule has 0 aliphatic heterocycles. The lowest BCUT2D eigenvalue weighted by Crippen LogP contribution is -2.30. The molecule has 0 saturated carbocycles. The number of aromatic nitrogens is 4. The fourth-order valence-electron chi connectivity index (χ4n) is 1.99. The van der Waals surface area contributed by atoms with Gasteiger partial charge in [-0.05, 0) is 27.9 Å². The Morgan fingerprint density at radius 2 is 2.05 bits per heavy atom. The van der Waals surface area contributed by atoms with Gasteiger partial charge in [0.15, 0.2) is 11.2 Å². The standard InChI is InChI=1S/C13H20ClN5O/c1-8(18(3)4)6-19-11(9(2)14)17-10-12(19)15-7-16-13(10)20-5/h7-9H,6H2,1-5H3. The van der Waals surface area contributed by atoms with Crippen molar-refractivity contribution < 1.29 is 4.74 Å². The topological polar surface area (TPSA) is 56.1 Å². The molecule has 0 aliphatic rings. The van der Waals surface area contributed by atoms with E-state index in [-0.39, 0.29) is 5.38 Å². The molecule has 2 heterocycles. The zero-order valence-electron chi connectivity index (χ0n) is 12.5. The average molecular weight is 298 g/mol. The van der Waals surface area contributed by atoms with Gasteiger partial charge in [-0.25, -0.2) is 9.97 Å². The zero-order valence-corrected chi connectivity index (χ0v) is 13.2. The van der Waals surface area contributed by atoms with Crippen LogP contribution >= 0.6 is 11.6 Å². The molecule has 2 atom stereocenters. The molecule has 20 heavy (non-hydrogen) atoms. The second kappa shape index (κ2) is 5.93. The molecule has 6 nitrogen and oxygen atoms in total. The molecule has 0 spiro atoms. The Kier molecular flexibility index (Phi) is 4.45. The summed E-state index contributed by atoms with van der Waals surface area (Å²) in [6, 6.07) is 0.336. The first-order chi connectivity index (χ1) is 9.45. The van der Waals surface area contributed by atoms with Crippen molar-refractivity contribution in [2.24, 2.45) is 0 Å². The summed E-state index contributed by atoms with van der Waals surface area (Å²) in [7, 11) is 5.67. The fraction of sp³-hybridized carbons (Fsp3) is 0.615. The van der Waals surface area contributed by atoms with Crippen LogP contribution in [0.5, 0.6) is 5.88 Å². The van der Waals surface area contributed by atoms with Crippen molar-refractivity contribution in [2.45, 2.75) is 31.8 Å². The van der Waals surface area contributed by atoms with Crippen LogP contribution in [0.4, 0.5) is 0 Å². The van der Waals surface area contributed by atoms with Crippen molar-refractivity contribution >= 4 is 22.8 Å². The lowest BCUT2D eigenvalue weighted by Gasteiger charge is -2.21. The molecule has 0 saturated heterocycles. The number of hydrogen-bond donors (Lipinski definition) is 0. The van der Waals surface area contributed by atoms with E-state index in [4.69, 9.17) is 16.3 Å². The number of ether oxygens (including phenoxy) is 1. The van der Waals surface area contributed by atoms with Crippen LogP contribution in [0.2, 0.25) is 0 Å². The van der Waals surface area contributed by atoms with E-state index in [1.165, 1.54) is 6.33 Å². The maximum Gasteiger partial charge on any atom is 0.245 e. The first-order valence-corrected chi connectivity index (χ1v) is 6.95. The van der Waals surface area contributed by atoms with Gasteiger partial charge in [0.25, 0.3) is 0 Å². The number of methoxy groups -OCH3 is 1. The molecular weight excluding hydrogens is 278 g/mol. The molecule has 0 fully saturated rings. The molecule has 0 aromatic carbocycles. The molecule has 2 aromatic heterocycles. The Bertz CT molecular complexity index is 596. The summed E-state index contributed by atoms with van der Waals surface area (Å²) < 4.78 is 7.29. The molecule has 2 aromatic rings. The number of rotatable bonds is 5. The summed E-state index contributed by atoms with van der Waals surface area (Å²) in [5.41, 5.74) is 1.41. The fourth-order valence-corrected chi connectivity index (χ4v) is 2.16. The maximum absolute atomic E-state index is 6.25. The number of imidazole rings is 1. The van der Waals surface area contributed by atoms with Crippen molar-refractivity contribution in [1.29, 1.82) is 0 Å². The zero-order chi connectivity index (χ0) is 14.9. The average Bonchev–Trinajstić information content (AvgIpc) is 2.77. The Labute approximate surface area is 123 Å². The van der Waals surface area contributed by atoms with Crippen LogP contribution in [-0.4, -0.2) is 51.7 Å². The van der Waals surface area contributed by atoms with E-state index in [0.717, 1.165) is 18.0 Å². The second-order valence-corrected chi connectivity index (χ2v) is 5.72.